The number of benzene rings is 2. The molecule has 0 saturated heterocycles. The van der Waals surface area contributed by atoms with Gasteiger partial charge in [-0.15, -0.1) is 0 Å². The lowest BCUT2D eigenvalue weighted by molar-refractivity contribution is 0.624. The molecule has 2 aromatic carbocycles. The topological polar surface area (TPSA) is 26.0 Å². The molecule has 0 radical (unpaired) electrons. The first-order valence-corrected chi connectivity index (χ1v) is 7.27. The summed E-state index contributed by atoms with van der Waals surface area (Å²) in [5.41, 5.74) is 7.25. The molecule has 0 bridgehead atoms. The van der Waals surface area contributed by atoms with Gasteiger partial charge in [0.2, 0.25) is 0 Å². The lowest BCUT2D eigenvalue weighted by atomic mass is 10.1. The van der Waals surface area contributed by atoms with E-state index >= 15 is 0 Å². The van der Waals surface area contributed by atoms with Gasteiger partial charge in [0.15, 0.2) is 0 Å². The van der Waals surface area contributed by atoms with Gasteiger partial charge in [-0.1, -0.05) is 43.0 Å². The zero-order valence-electron chi connectivity index (χ0n) is 11.0. The molecule has 3 heteroatoms. The van der Waals surface area contributed by atoms with Crippen molar-refractivity contribution in [2.75, 3.05) is 0 Å². The van der Waals surface area contributed by atoms with Crippen molar-refractivity contribution in [2.45, 2.75) is 35.6 Å². The molecule has 2 N–H and O–H groups in total. The largest absolute Gasteiger partial charge is 0.327 e. The van der Waals surface area contributed by atoms with Crippen LogP contribution in [0.4, 0.5) is 4.39 Å². The van der Waals surface area contributed by atoms with E-state index in [0.29, 0.717) is 0 Å². The van der Waals surface area contributed by atoms with Gasteiger partial charge < -0.3 is 5.73 Å². The van der Waals surface area contributed by atoms with Crippen molar-refractivity contribution >= 4 is 11.8 Å². The van der Waals surface area contributed by atoms with Gasteiger partial charge in [0.05, 0.1) is 0 Å². The van der Waals surface area contributed by atoms with Gasteiger partial charge >= 0.3 is 0 Å². The predicted octanol–water partition coefficient (Wildman–Crippen LogP) is 4.26. The number of hydrogen-bond donors (Lipinski definition) is 1. The third-order valence-electron chi connectivity index (χ3n) is 3.00. The van der Waals surface area contributed by atoms with E-state index in [1.165, 1.54) is 11.6 Å². The fraction of sp³-hybridized carbons (Fsp3) is 0.250. The molecule has 100 valence electrons. The van der Waals surface area contributed by atoms with E-state index < -0.39 is 0 Å². The molecule has 0 fully saturated rings. The fourth-order valence-corrected chi connectivity index (χ4v) is 2.86. The molecule has 0 saturated carbocycles. The highest BCUT2D eigenvalue weighted by molar-refractivity contribution is 7.99. The smallest absolute Gasteiger partial charge is 0.124 e. The van der Waals surface area contributed by atoms with Gasteiger partial charge in [0.1, 0.15) is 5.82 Å². The molecule has 0 aromatic heterocycles. The highest BCUT2D eigenvalue weighted by Gasteiger charge is 2.08. The molecule has 0 spiro atoms. The van der Waals surface area contributed by atoms with Crippen LogP contribution in [0.2, 0.25) is 0 Å². The summed E-state index contributed by atoms with van der Waals surface area (Å²) in [4.78, 5) is 2.06. The van der Waals surface area contributed by atoms with E-state index in [4.69, 9.17) is 5.73 Å². The van der Waals surface area contributed by atoms with E-state index in [-0.39, 0.29) is 11.9 Å². The molecule has 0 aliphatic rings. The van der Waals surface area contributed by atoms with E-state index in [9.17, 15) is 4.39 Å². The summed E-state index contributed by atoms with van der Waals surface area (Å²) in [6.07, 6.45) is 1.81. The average Bonchev–Trinajstić information content (AvgIpc) is 2.41. The van der Waals surface area contributed by atoms with E-state index in [2.05, 4.69) is 19.1 Å². The Bertz CT molecular complexity index is 542. The molecule has 1 atom stereocenters. The highest BCUT2D eigenvalue weighted by atomic mass is 32.2. The van der Waals surface area contributed by atoms with Crippen LogP contribution < -0.4 is 5.73 Å². The first kappa shape index (κ1) is 14.1. The standard InChI is InChI=1S/C16H18FNS/c1-2-14(18)10-12-6-3-4-9-16(12)19-15-8-5-7-13(17)11-15/h3-9,11,14H,2,10,18H2,1H3. The Balaban J connectivity index is 2.20. The first-order valence-electron chi connectivity index (χ1n) is 6.46. The van der Waals surface area contributed by atoms with Crippen LogP contribution in [0.3, 0.4) is 0 Å². The van der Waals surface area contributed by atoms with Crippen LogP contribution >= 0.6 is 11.8 Å². The van der Waals surface area contributed by atoms with Crippen LogP contribution in [0.15, 0.2) is 58.3 Å². The lowest BCUT2D eigenvalue weighted by Crippen LogP contribution is -2.21. The maximum Gasteiger partial charge on any atom is 0.124 e. The highest BCUT2D eigenvalue weighted by Crippen LogP contribution is 2.31. The van der Waals surface area contributed by atoms with Crippen molar-refractivity contribution in [1.82, 2.24) is 0 Å². The predicted molar refractivity (Wildman–Crippen MR) is 78.9 cm³/mol. The summed E-state index contributed by atoms with van der Waals surface area (Å²) in [5.74, 6) is -0.201. The van der Waals surface area contributed by atoms with Crippen LogP contribution in [0, 0.1) is 5.82 Å². The van der Waals surface area contributed by atoms with Crippen molar-refractivity contribution in [3.63, 3.8) is 0 Å². The second kappa shape index (κ2) is 6.73. The monoisotopic (exact) mass is 275 g/mol. The molecule has 2 rings (SSSR count). The van der Waals surface area contributed by atoms with E-state index in [1.807, 2.05) is 18.2 Å². The van der Waals surface area contributed by atoms with Crippen molar-refractivity contribution in [3.05, 3.63) is 59.9 Å². The molecule has 2 aromatic rings. The molecular formula is C16H18FNS. The van der Waals surface area contributed by atoms with Gasteiger partial charge in [0.25, 0.3) is 0 Å². The van der Waals surface area contributed by atoms with Crippen LogP contribution in [-0.2, 0) is 6.42 Å². The molecule has 0 aliphatic carbocycles. The maximum absolute atomic E-state index is 13.2. The minimum atomic E-state index is -0.201. The van der Waals surface area contributed by atoms with Gasteiger partial charge in [-0.25, -0.2) is 4.39 Å². The Morgan fingerprint density at radius 1 is 1.16 bits per heavy atom. The van der Waals surface area contributed by atoms with Crippen LogP contribution in [0.25, 0.3) is 0 Å². The normalized spacial score (nSPS) is 12.4. The molecule has 1 nitrogen and oxygen atoms in total. The Morgan fingerprint density at radius 2 is 1.95 bits per heavy atom. The minimum Gasteiger partial charge on any atom is -0.327 e. The van der Waals surface area contributed by atoms with Gasteiger partial charge in [-0.05, 0) is 42.7 Å². The van der Waals surface area contributed by atoms with Gasteiger partial charge in [0, 0.05) is 15.8 Å². The second-order valence-electron chi connectivity index (χ2n) is 4.54. The molecule has 0 amide bonds. The van der Waals surface area contributed by atoms with Crippen LogP contribution in [0.5, 0.6) is 0 Å². The molecule has 0 heterocycles. The maximum atomic E-state index is 13.2. The van der Waals surface area contributed by atoms with E-state index in [1.54, 1.807) is 23.9 Å². The van der Waals surface area contributed by atoms with Crippen molar-refractivity contribution in [3.8, 4) is 0 Å². The van der Waals surface area contributed by atoms with Gasteiger partial charge in [-0.2, -0.15) is 0 Å². The summed E-state index contributed by atoms with van der Waals surface area (Å²) < 4.78 is 13.2. The summed E-state index contributed by atoms with van der Waals surface area (Å²) in [5, 5.41) is 0. The quantitative estimate of drug-likeness (QED) is 0.882. The fourth-order valence-electron chi connectivity index (χ4n) is 1.86. The number of rotatable bonds is 5. The van der Waals surface area contributed by atoms with E-state index in [0.717, 1.165) is 22.6 Å². The van der Waals surface area contributed by atoms with Crippen molar-refractivity contribution < 1.29 is 4.39 Å². The summed E-state index contributed by atoms with van der Waals surface area (Å²) in [6, 6.07) is 15.0. The summed E-state index contributed by atoms with van der Waals surface area (Å²) in [6.45, 7) is 2.09. The Kier molecular flexibility index (Phi) is 5.00. The number of hydrogen-bond acceptors (Lipinski definition) is 2. The summed E-state index contributed by atoms with van der Waals surface area (Å²) in [7, 11) is 0. The molecule has 19 heavy (non-hydrogen) atoms. The Hall–Kier alpha value is -1.32. The zero-order valence-corrected chi connectivity index (χ0v) is 11.8. The average molecular weight is 275 g/mol. The Labute approximate surface area is 118 Å². The Morgan fingerprint density at radius 3 is 2.68 bits per heavy atom. The molecular weight excluding hydrogens is 257 g/mol. The second-order valence-corrected chi connectivity index (χ2v) is 5.65. The first-order chi connectivity index (χ1) is 9.19. The molecule has 0 aliphatic heterocycles. The molecule has 1 unspecified atom stereocenters. The summed E-state index contributed by atoms with van der Waals surface area (Å²) >= 11 is 1.59. The third kappa shape index (κ3) is 4.08. The zero-order chi connectivity index (χ0) is 13.7. The third-order valence-corrected chi connectivity index (χ3v) is 4.11. The number of halogens is 1. The van der Waals surface area contributed by atoms with Crippen molar-refractivity contribution in [2.24, 2.45) is 5.73 Å². The van der Waals surface area contributed by atoms with Crippen LogP contribution in [0.1, 0.15) is 18.9 Å². The SMILES string of the molecule is CCC(N)Cc1ccccc1Sc1cccc(F)c1. The minimum absolute atomic E-state index is 0.175. The lowest BCUT2D eigenvalue weighted by Gasteiger charge is -2.13. The van der Waals surface area contributed by atoms with Crippen molar-refractivity contribution in [1.29, 1.82) is 0 Å². The van der Waals surface area contributed by atoms with Gasteiger partial charge in [-0.3, -0.25) is 0 Å². The van der Waals surface area contributed by atoms with Crippen LogP contribution in [-0.4, -0.2) is 6.04 Å². The number of nitrogens with two attached hydrogens (primary N) is 1.